The summed E-state index contributed by atoms with van der Waals surface area (Å²) < 4.78 is 55.8. The molecule has 38 heavy (non-hydrogen) atoms. The van der Waals surface area contributed by atoms with Crippen molar-refractivity contribution in [2.24, 2.45) is 0 Å². The van der Waals surface area contributed by atoms with Crippen molar-refractivity contribution >= 4 is 16.0 Å². The predicted octanol–water partition coefficient (Wildman–Crippen LogP) is 4.23. The molecule has 3 N–H and O–H groups in total. The SMILES string of the molecule is Cc1ccc(CC(C)(C)NCC(O)CN(C)S(=O)(=O)c2cccc(-c3ccc(C(=O)O)cc3F)c2)cc1F. The Labute approximate surface area is 221 Å². The van der Waals surface area contributed by atoms with Crippen LogP contribution in [0.2, 0.25) is 0 Å². The van der Waals surface area contributed by atoms with E-state index in [1.165, 1.54) is 49.5 Å². The summed E-state index contributed by atoms with van der Waals surface area (Å²) in [6, 6.07) is 14.1. The number of aryl methyl sites for hydroxylation is 1. The average molecular weight is 547 g/mol. The number of rotatable bonds is 11. The highest BCUT2D eigenvalue weighted by Crippen LogP contribution is 2.27. The summed E-state index contributed by atoms with van der Waals surface area (Å²) in [7, 11) is -2.68. The van der Waals surface area contributed by atoms with Gasteiger partial charge >= 0.3 is 5.97 Å². The minimum atomic E-state index is -4.02. The van der Waals surface area contributed by atoms with Gasteiger partial charge in [-0.15, -0.1) is 0 Å². The van der Waals surface area contributed by atoms with Crippen LogP contribution >= 0.6 is 0 Å². The van der Waals surface area contributed by atoms with E-state index in [0.717, 1.165) is 15.9 Å². The van der Waals surface area contributed by atoms with Gasteiger partial charge in [0.15, 0.2) is 0 Å². The fraction of sp³-hybridized carbons (Fsp3) is 0.321. The van der Waals surface area contributed by atoms with Crippen LogP contribution in [-0.2, 0) is 16.4 Å². The smallest absolute Gasteiger partial charge is 0.335 e. The highest BCUT2D eigenvalue weighted by molar-refractivity contribution is 7.89. The Morgan fingerprint density at radius 2 is 1.76 bits per heavy atom. The Morgan fingerprint density at radius 3 is 2.39 bits per heavy atom. The lowest BCUT2D eigenvalue weighted by molar-refractivity contribution is 0.0696. The number of nitrogens with one attached hydrogen (secondary N) is 1. The molecule has 3 aromatic rings. The van der Waals surface area contributed by atoms with Crippen molar-refractivity contribution < 1.29 is 32.2 Å². The first-order chi connectivity index (χ1) is 17.7. The molecule has 7 nitrogen and oxygen atoms in total. The van der Waals surface area contributed by atoms with E-state index in [-0.39, 0.29) is 40.5 Å². The van der Waals surface area contributed by atoms with Crippen molar-refractivity contribution in [2.75, 3.05) is 20.1 Å². The second-order valence-electron chi connectivity index (χ2n) is 9.99. The van der Waals surface area contributed by atoms with E-state index in [4.69, 9.17) is 5.11 Å². The number of benzene rings is 3. The lowest BCUT2D eigenvalue weighted by Crippen LogP contribution is -2.47. The zero-order valence-corrected chi connectivity index (χ0v) is 22.5. The predicted molar refractivity (Wildman–Crippen MR) is 142 cm³/mol. The zero-order valence-electron chi connectivity index (χ0n) is 21.7. The van der Waals surface area contributed by atoms with E-state index in [9.17, 15) is 27.1 Å². The van der Waals surface area contributed by atoms with Gasteiger partial charge in [0.25, 0.3) is 0 Å². The van der Waals surface area contributed by atoms with Gasteiger partial charge in [0, 0.05) is 31.2 Å². The standard InChI is InChI=1S/C28H32F2N2O5S/c1-18-8-9-19(12-25(18)29)15-28(2,3)31-16-22(33)17-32(4)38(36,37)23-7-5-6-20(13-23)24-11-10-21(27(34)35)14-26(24)30/h5-14,22,31,33H,15-17H2,1-4H3,(H,34,35). The summed E-state index contributed by atoms with van der Waals surface area (Å²) in [6.45, 7) is 5.41. The number of carbonyl (C=O) groups is 1. The molecule has 0 bridgehead atoms. The number of carboxylic acid groups (broad SMARTS) is 1. The molecular weight excluding hydrogens is 514 g/mol. The largest absolute Gasteiger partial charge is 0.478 e. The number of halogens is 2. The van der Waals surface area contributed by atoms with E-state index in [0.29, 0.717) is 12.0 Å². The molecule has 10 heteroatoms. The maximum Gasteiger partial charge on any atom is 0.335 e. The van der Waals surface area contributed by atoms with Gasteiger partial charge in [-0.3, -0.25) is 0 Å². The molecule has 0 aliphatic carbocycles. The molecule has 0 amide bonds. The van der Waals surface area contributed by atoms with Crippen LogP contribution in [0.3, 0.4) is 0 Å². The Bertz CT molecular complexity index is 1430. The van der Waals surface area contributed by atoms with Crippen molar-refractivity contribution in [2.45, 2.75) is 43.7 Å². The Morgan fingerprint density at radius 1 is 1.05 bits per heavy atom. The number of aliphatic hydroxyl groups is 1. The molecule has 0 aliphatic heterocycles. The van der Waals surface area contributed by atoms with Crippen LogP contribution in [0, 0.1) is 18.6 Å². The first kappa shape index (κ1) is 29.4. The molecule has 3 rings (SSSR count). The summed E-state index contributed by atoms with van der Waals surface area (Å²) in [5, 5.41) is 22.8. The number of likely N-dealkylation sites (N-methyl/N-ethyl adjacent to an activating group) is 1. The molecule has 1 unspecified atom stereocenters. The van der Waals surface area contributed by atoms with Gasteiger partial charge in [0.05, 0.1) is 16.6 Å². The number of aromatic carboxylic acids is 1. The highest BCUT2D eigenvalue weighted by atomic mass is 32.2. The van der Waals surface area contributed by atoms with Crippen LogP contribution in [0.5, 0.6) is 0 Å². The second kappa shape index (κ2) is 11.7. The first-order valence-electron chi connectivity index (χ1n) is 12.0. The van der Waals surface area contributed by atoms with Gasteiger partial charge in [0.1, 0.15) is 11.6 Å². The van der Waals surface area contributed by atoms with Crippen LogP contribution in [-0.4, -0.2) is 60.7 Å². The maximum atomic E-state index is 14.5. The van der Waals surface area contributed by atoms with Crippen molar-refractivity contribution in [3.8, 4) is 11.1 Å². The number of carboxylic acids is 1. The molecule has 0 radical (unpaired) electrons. The molecule has 0 spiro atoms. The highest BCUT2D eigenvalue weighted by Gasteiger charge is 2.26. The summed E-state index contributed by atoms with van der Waals surface area (Å²) in [5.41, 5.74) is 0.987. The fourth-order valence-electron chi connectivity index (χ4n) is 4.06. The number of β-amino-alcohol motifs (C(OH)–C–C–N with tert-alkyl or cyclic N) is 1. The molecule has 0 saturated heterocycles. The van der Waals surface area contributed by atoms with Gasteiger partial charge in [-0.05, 0) is 74.2 Å². The first-order valence-corrected chi connectivity index (χ1v) is 13.4. The van der Waals surface area contributed by atoms with E-state index >= 15 is 0 Å². The molecular formula is C28H32F2N2O5S. The third kappa shape index (κ3) is 7.22. The zero-order chi connectivity index (χ0) is 28.3. The van der Waals surface area contributed by atoms with E-state index in [2.05, 4.69) is 5.32 Å². The Kier molecular flexibility index (Phi) is 9.04. The van der Waals surface area contributed by atoms with E-state index in [1.54, 1.807) is 13.0 Å². The molecule has 204 valence electrons. The normalized spacial score (nSPS) is 13.1. The van der Waals surface area contributed by atoms with Crippen molar-refractivity contribution in [3.05, 3.63) is 89.0 Å². The molecule has 3 aromatic carbocycles. The fourth-order valence-corrected chi connectivity index (χ4v) is 5.31. The van der Waals surface area contributed by atoms with Gasteiger partial charge in [-0.2, -0.15) is 4.31 Å². The Hall–Kier alpha value is -3.18. The summed E-state index contributed by atoms with van der Waals surface area (Å²) in [5.74, 6) is -2.34. The third-order valence-electron chi connectivity index (χ3n) is 6.24. The summed E-state index contributed by atoms with van der Waals surface area (Å²) in [6.07, 6.45) is -0.532. The topological polar surface area (TPSA) is 107 Å². The number of hydrogen-bond donors (Lipinski definition) is 3. The van der Waals surface area contributed by atoms with Crippen LogP contribution < -0.4 is 5.32 Å². The molecule has 0 saturated carbocycles. The molecule has 0 heterocycles. The van der Waals surface area contributed by atoms with Crippen LogP contribution in [0.15, 0.2) is 65.6 Å². The summed E-state index contributed by atoms with van der Waals surface area (Å²) >= 11 is 0. The van der Waals surface area contributed by atoms with Gasteiger partial charge in [-0.1, -0.05) is 30.3 Å². The van der Waals surface area contributed by atoms with Gasteiger partial charge in [-0.25, -0.2) is 22.0 Å². The van der Waals surface area contributed by atoms with Gasteiger partial charge < -0.3 is 15.5 Å². The number of aliphatic hydroxyl groups excluding tert-OH is 1. The number of nitrogens with zero attached hydrogens (tertiary/aromatic N) is 1. The van der Waals surface area contributed by atoms with E-state index < -0.39 is 33.5 Å². The average Bonchev–Trinajstić information content (AvgIpc) is 2.85. The van der Waals surface area contributed by atoms with Crippen molar-refractivity contribution in [3.63, 3.8) is 0 Å². The second-order valence-corrected chi connectivity index (χ2v) is 12.0. The Balaban J connectivity index is 1.66. The summed E-state index contributed by atoms with van der Waals surface area (Å²) in [4.78, 5) is 11.0. The minimum absolute atomic E-state index is 0.0645. The van der Waals surface area contributed by atoms with Crippen molar-refractivity contribution in [1.82, 2.24) is 9.62 Å². The monoisotopic (exact) mass is 546 g/mol. The molecule has 0 aromatic heterocycles. The number of sulfonamides is 1. The van der Waals surface area contributed by atoms with Crippen LogP contribution in [0.4, 0.5) is 8.78 Å². The van der Waals surface area contributed by atoms with Gasteiger partial charge in [0.2, 0.25) is 10.0 Å². The van der Waals surface area contributed by atoms with Crippen LogP contribution in [0.1, 0.15) is 35.3 Å². The quantitative estimate of drug-likeness (QED) is 0.332. The van der Waals surface area contributed by atoms with E-state index in [1.807, 2.05) is 19.9 Å². The number of hydrogen-bond acceptors (Lipinski definition) is 5. The maximum absolute atomic E-state index is 14.5. The molecule has 0 aliphatic rings. The lowest BCUT2D eigenvalue weighted by atomic mass is 9.94. The molecule has 1 atom stereocenters. The lowest BCUT2D eigenvalue weighted by Gasteiger charge is -2.29. The van der Waals surface area contributed by atoms with Crippen LogP contribution in [0.25, 0.3) is 11.1 Å². The molecule has 0 fully saturated rings. The van der Waals surface area contributed by atoms with Crippen molar-refractivity contribution in [1.29, 1.82) is 0 Å². The third-order valence-corrected chi connectivity index (χ3v) is 8.06. The minimum Gasteiger partial charge on any atom is -0.478 e.